The summed E-state index contributed by atoms with van der Waals surface area (Å²) >= 11 is 0. The number of carbonyl (C=O) groups excluding carboxylic acids is 1. The van der Waals surface area contributed by atoms with Crippen LogP contribution < -0.4 is 0 Å². The van der Waals surface area contributed by atoms with Crippen molar-refractivity contribution in [3.8, 4) is 0 Å². The number of amides is 1. The Kier molecular flexibility index (Phi) is 4.52. The molecule has 1 aliphatic rings. The lowest BCUT2D eigenvalue weighted by molar-refractivity contribution is -0.131. The highest BCUT2D eigenvalue weighted by Gasteiger charge is 2.32. The Morgan fingerprint density at radius 2 is 1.83 bits per heavy atom. The highest BCUT2D eigenvalue weighted by atomic mass is 32.2. The Morgan fingerprint density at radius 3 is 2.67 bits per heavy atom. The first kappa shape index (κ1) is 18.8. The van der Waals surface area contributed by atoms with Crippen molar-refractivity contribution in [2.75, 3.05) is 26.2 Å². The molecule has 9 nitrogen and oxygen atoms in total. The van der Waals surface area contributed by atoms with Crippen LogP contribution in [0.1, 0.15) is 5.56 Å². The Bertz CT molecular complexity index is 1340. The van der Waals surface area contributed by atoms with E-state index in [0.717, 1.165) is 16.5 Å². The third kappa shape index (κ3) is 3.14. The minimum Gasteiger partial charge on any atom is -0.361 e. The number of carbonyl (C=O) groups is 1. The SMILES string of the molecule is O=C(Cc1c[nH]c2ccccc12)N1CCN(S(=O)(=O)c2cccc3nonc23)CC1. The van der Waals surface area contributed by atoms with Crippen molar-refractivity contribution < 1.29 is 17.8 Å². The van der Waals surface area contributed by atoms with E-state index in [4.69, 9.17) is 0 Å². The van der Waals surface area contributed by atoms with Crippen molar-refractivity contribution in [1.82, 2.24) is 24.5 Å². The number of H-pyrrole nitrogens is 1. The first-order chi connectivity index (χ1) is 14.5. The molecule has 1 amide bonds. The molecule has 0 bridgehead atoms. The number of sulfonamides is 1. The Labute approximate surface area is 172 Å². The highest BCUT2D eigenvalue weighted by Crippen LogP contribution is 2.25. The molecular weight excluding hydrogens is 406 g/mol. The summed E-state index contributed by atoms with van der Waals surface area (Å²) in [5, 5.41) is 8.46. The standard InChI is InChI=1S/C20H19N5O4S/c26-19(12-14-13-21-16-5-2-1-4-15(14)16)24-8-10-25(11-9-24)30(27,28)18-7-3-6-17-20(18)23-29-22-17/h1-7,13,21H,8-12H2. The maximum Gasteiger partial charge on any atom is 0.245 e. The molecule has 4 aromatic rings. The van der Waals surface area contributed by atoms with Crippen molar-refractivity contribution in [1.29, 1.82) is 0 Å². The van der Waals surface area contributed by atoms with Gasteiger partial charge in [-0.3, -0.25) is 4.79 Å². The number of para-hydroxylation sites is 1. The second-order valence-electron chi connectivity index (χ2n) is 7.21. The molecule has 1 fully saturated rings. The van der Waals surface area contributed by atoms with Crippen molar-refractivity contribution in [3.63, 3.8) is 0 Å². The molecule has 0 spiro atoms. The summed E-state index contributed by atoms with van der Waals surface area (Å²) < 4.78 is 32.2. The summed E-state index contributed by atoms with van der Waals surface area (Å²) in [4.78, 5) is 17.7. The molecule has 30 heavy (non-hydrogen) atoms. The summed E-state index contributed by atoms with van der Waals surface area (Å²) in [6.07, 6.45) is 2.14. The van der Waals surface area contributed by atoms with Crippen LogP contribution >= 0.6 is 0 Å². The molecule has 0 aliphatic carbocycles. The third-order valence-electron chi connectivity index (χ3n) is 5.47. The fourth-order valence-electron chi connectivity index (χ4n) is 3.86. The fourth-order valence-corrected chi connectivity index (χ4v) is 5.42. The molecule has 0 atom stereocenters. The zero-order valence-corrected chi connectivity index (χ0v) is 16.8. The lowest BCUT2D eigenvalue weighted by Crippen LogP contribution is -2.50. The maximum absolute atomic E-state index is 13.1. The third-order valence-corrected chi connectivity index (χ3v) is 7.40. The first-order valence-electron chi connectivity index (χ1n) is 9.58. The Balaban J connectivity index is 1.29. The van der Waals surface area contributed by atoms with Gasteiger partial charge in [0.25, 0.3) is 0 Å². The van der Waals surface area contributed by atoms with Crippen LogP contribution in [-0.4, -0.2) is 65.0 Å². The van der Waals surface area contributed by atoms with Crippen molar-refractivity contribution >= 4 is 37.9 Å². The second-order valence-corrected chi connectivity index (χ2v) is 9.12. The van der Waals surface area contributed by atoms with Crippen LogP contribution in [-0.2, 0) is 21.2 Å². The van der Waals surface area contributed by atoms with E-state index in [9.17, 15) is 13.2 Å². The van der Waals surface area contributed by atoms with Gasteiger partial charge in [0.2, 0.25) is 15.9 Å². The average molecular weight is 425 g/mol. The van der Waals surface area contributed by atoms with Crippen molar-refractivity contribution in [2.24, 2.45) is 0 Å². The minimum atomic E-state index is -3.76. The number of hydrogen-bond donors (Lipinski definition) is 1. The molecule has 3 heterocycles. The van der Waals surface area contributed by atoms with Crippen molar-refractivity contribution in [2.45, 2.75) is 11.3 Å². The normalized spacial score (nSPS) is 15.8. The van der Waals surface area contributed by atoms with Crippen molar-refractivity contribution in [3.05, 3.63) is 54.2 Å². The lowest BCUT2D eigenvalue weighted by Gasteiger charge is -2.34. The first-order valence-corrected chi connectivity index (χ1v) is 11.0. The van der Waals surface area contributed by atoms with Crippen LogP contribution in [0.3, 0.4) is 0 Å². The number of piperazine rings is 1. The largest absolute Gasteiger partial charge is 0.361 e. The van der Waals surface area contributed by atoms with E-state index in [1.165, 1.54) is 10.4 Å². The van der Waals surface area contributed by atoms with E-state index in [1.807, 2.05) is 30.5 Å². The topological polar surface area (TPSA) is 112 Å². The van der Waals surface area contributed by atoms with Gasteiger partial charge >= 0.3 is 0 Å². The summed E-state index contributed by atoms with van der Waals surface area (Å²) in [7, 11) is -3.76. The van der Waals surface area contributed by atoms with Crippen LogP contribution in [0.15, 0.2) is 58.2 Å². The molecule has 0 unspecified atom stereocenters. The van der Waals surface area contributed by atoms with Gasteiger partial charge in [-0.15, -0.1) is 0 Å². The Hall–Kier alpha value is -3.24. The predicted molar refractivity (Wildman–Crippen MR) is 109 cm³/mol. The van der Waals surface area contributed by atoms with Gasteiger partial charge in [-0.05, 0) is 34.1 Å². The van der Waals surface area contributed by atoms with Gasteiger partial charge in [-0.25, -0.2) is 13.0 Å². The van der Waals surface area contributed by atoms with Crippen LogP contribution in [0.25, 0.3) is 21.9 Å². The van der Waals surface area contributed by atoms with Gasteiger partial charge in [0.05, 0.1) is 6.42 Å². The van der Waals surface area contributed by atoms with Crippen LogP contribution in [0, 0.1) is 0 Å². The zero-order valence-electron chi connectivity index (χ0n) is 16.0. The fraction of sp³-hybridized carbons (Fsp3) is 0.250. The number of fused-ring (bicyclic) bond motifs is 2. The number of rotatable bonds is 4. The number of hydrogen-bond acceptors (Lipinski definition) is 6. The highest BCUT2D eigenvalue weighted by molar-refractivity contribution is 7.89. The number of aromatic nitrogens is 3. The van der Waals surface area contributed by atoms with Gasteiger partial charge < -0.3 is 9.88 Å². The molecule has 5 rings (SSSR count). The van der Waals surface area contributed by atoms with E-state index in [1.54, 1.807) is 17.0 Å². The molecule has 2 aromatic heterocycles. The van der Waals surface area contributed by atoms with E-state index < -0.39 is 10.0 Å². The molecule has 0 radical (unpaired) electrons. The van der Waals surface area contributed by atoms with Crippen LogP contribution in [0.2, 0.25) is 0 Å². The summed E-state index contributed by atoms with van der Waals surface area (Å²) in [5.74, 6) is -0.0143. The smallest absolute Gasteiger partial charge is 0.245 e. The van der Waals surface area contributed by atoms with E-state index in [-0.39, 0.29) is 35.8 Å². The van der Waals surface area contributed by atoms with E-state index in [0.29, 0.717) is 18.6 Å². The second kappa shape index (κ2) is 7.22. The summed E-state index contributed by atoms with van der Waals surface area (Å²) in [6, 6.07) is 12.6. The molecule has 1 saturated heterocycles. The average Bonchev–Trinajstić information content (AvgIpc) is 3.41. The van der Waals surface area contributed by atoms with E-state index >= 15 is 0 Å². The number of nitrogens with zero attached hydrogens (tertiary/aromatic N) is 4. The number of nitrogens with one attached hydrogen (secondary N) is 1. The summed E-state index contributed by atoms with van der Waals surface area (Å²) in [6.45, 7) is 1.13. The van der Waals surface area contributed by atoms with Gasteiger partial charge in [0.15, 0.2) is 5.52 Å². The zero-order chi connectivity index (χ0) is 20.7. The van der Waals surface area contributed by atoms with Crippen LogP contribution in [0.4, 0.5) is 0 Å². The Morgan fingerprint density at radius 1 is 1.03 bits per heavy atom. The predicted octanol–water partition coefficient (Wildman–Crippen LogP) is 1.78. The van der Waals surface area contributed by atoms with Gasteiger partial charge in [-0.1, -0.05) is 24.3 Å². The quantitative estimate of drug-likeness (QED) is 0.533. The minimum absolute atomic E-state index is 0.0143. The number of aromatic amines is 1. The summed E-state index contributed by atoms with van der Waals surface area (Å²) in [5.41, 5.74) is 2.54. The maximum atomic E-state index is 13.1. The molecule has 10 heteroatoms. The van der Waals surface area contributed by atoms with Gasteiger partial charge in [0.1, 0.15) is 10.4 Å². The van der Waals surface area contributed by atoms with E-state index in [2.05, 4.69) is 19.9 Å². The molecule has 1 N–H and O–H groups in total. The van der Waals surface area contributed by atoms with Gasteiger partial charge in [0, 0.05) is 43.3 Å². The van der Waals surface area contributed by atoms with Crippen LogP contribution in [0.5, 0.6) is 0 Å². The molecular formula is C20H19N5O4S. The van der Waals surface area contributed by atoms with Gasteiger partial charge in [-0.2, -0.15) is 4.31 Å². The number of benzene rings is 2. The molecule has 1 aliphatic heterocycles. The molecule has 2 aromatic carbocycles. The molecule has 0 saturated carbocycles. The monoisotopic (exact) mass is 425 g/mol. The lowest BCUT2D eigenvalue weighted by atomic mass is 10.1. The molecule has 154 valence electrons.